The number of alkyl halides is 6. The topological polar surface area (TPSA) is 110 Å². The van der Waals surface area contributed by atoms with Gasteiger partial charge in [0, 0.05) is 16.7 Å². The fourth-order valence-corrected chi connectivity index (χ4v) is 4.20. The number of pyridine rings is 3. The van der Waals surface area contributed by atoms with Crippen molar-refractivity contribution in [3.05, 3.63) is 103 Å². The van der Waals surface area contributed by atoms with Gasteiger partial charge < -0.3 is 0 Å². The van der Waals surface area contributed by atoms with Crippen LogP contribution in [-0.2, 0) is 12.4 Å². The molecule has 48 heavy (non-hydrogen) atoms. The third kappa shape index (κ3) is 5.42. The lowest BCUT2D eigenvalue weighted by Crippen LogP contribution is -2.16. The van der Waals surface area contributed by atoms with Gasteiger partial charge in [-0.2, -0.15) is 64.7 Å². The second-order valence-electron chi connectivity index (χ2n) is 8.79. The first-order valence-corrected chi connectivity index (χ1v) is 11.5. The Labute approximate surface area is 252 Å². The van der Waals surface area contributed by atoms with E-state index in [4.69, 9.17) is 0 Å². The van der Waals surface area contributed by atoms with Gasteiger partial charge in [-0.25, -0.2) is 36.3 Å². The van der Waals surface area contributed by atoms with Crippen LogP contribution in [0.1, 0.15) is 28.1 Å². The lowest BCUT2D eigenvalue weighted by Gasteiger charge is -2.11. The molecule has 4 rings (SSSR count). The normalized spacial score (nSPS) is 15.1. The number of hydrogen-bond acceptors (Lipinski definition) is 6. The van der Waals surface area contributed by atoms with Crippen molar-refractivity contribution in [2.75, 3.05) is 0 Å². The third-order valence-corrected chi connectivity index (χ3v) is 6.13. The first-order valence-electron chi connectivity index (χ1n) is 11.5. The van der Waals surface area contributed by atoms with Gasteiger partial charge in [-0.15, -0.1) is 0 Å². The van der Waals surface area contributed by atoms with Crippen LogP contribution in [0.4, 0.5) is 70.2 Å². The quantitative estimate of drug-likeness (QED) is 0.159. The van der Waals surface area contributed by atoms with Crippen LogP contribution in [0.5, 0.6) is 0 Å². The van der Waals surface area contributed by atoms with Gasteiger partial charge in [0.2, 0.25) is 11.9 Å². The van der Waals surface area contributed by atoms with E-state index >= 15 is 8.78 Å². The molecular formula is C26F16N6. The third-order valence-electron chi connectivity index (χ3n) is 6.13. The maximum atomic E-state index is 15.0. The minimum atomic E-state index is -5.97. The van der Waals surface area contributed by atoms with Crippen LogP contribution < -0.4 is 0 Å². The van der Waals surface area contributed by atoms with Gasteiger partial charge in [-0.05, 0) is 0 Å². The standard InChI is InChI=1S/C26F16N6/c27-13-10(15(29)21(33)46-19(13)25(37,38)39)4(1-43)7-8(9(7)6(3-45)12-17(31)23(35)48-24(36)18(12)32)5(2-44)11-14(28)20(26(40,41)42)47-22(34)16(11)30. The zero-order valence-electron chi connectivity index (χ0n) is 21.7. The van der Waals surface area contributed by atoms with Crippen molar-refractivity contribution in [1.82, 2.24) is 15.0 Å². The fraction of sp³-hybridized carbons (Fsp3) is 0.0769. The molecule has 3 aromatic heterocycles. The minimum absolute atomic E-state index is 0.766. The van der Waals surface area contributed by atoms with Crippen molar-refractivity contribution in [3.8, 4) is 18.2 Å². The Balaban J connectivity index is 2.36. The summed E-state index contributed by atoms with van der Waals surface area (Å²) in [6.07, 6.45) is -11.9. The molecule has 6 nitrogen and oxygen atoms in total. The molecule has 1 saturated carbocycles. The summed E-state index contributed by atoms with van der Waals surface area (Å²) in [5.41, 5.74) is -23.6. The first kappa shape index (κ1) is 34.9. The van der Waals surface area contributed by atoms with E-state index < -0.39 is 133 Å². The molecule has 3 aromatic rings. The second-order valence-corrected chi connectivity index (χ2v) is 8.79. The number of aromatic nitrogens is 3. The number of halogens is 16. The van der Waals surface area contributed by atoms with Crippen LogP contribution in [0.2, 0.25) is 0 Å². The van der Waals surface area contributed by atoms with Crippen LogP contribution in [-0.4, -0.2) is 15.0 Å². The molecule has 1 aliphatic rings. The van der Waals surface area contributed by atoms with Gasteiger partial charge in [0.25, 0.3) is 11.9 Å². The molecule has 1 fully saturated rings. The lowest BCUT2D eigenvalue weighted by atomic mass is 10.0. The maximum absolute atomic E-state index is 15.0. The Bertz CT molecular complexity index is 2050. The second kappa shape index (κ2) is 11.7. The van der Waals surface area contributed by atoms with Crippen molar-refractivity contribution in [2.45, 2.75) is 12.4 Å². The highest BCUT2D eigenvalue weighted by Gasteiger charge is 2.48. The Kier molecular flexibility index (Phi) is 8.48. The number of nitrogens with zero attached hydrogens (tertiary/aromatic N) is 6. The highest BCUT2D eigenvalue weighted by molar-refractivity contribution is 6.12. The van der Waals surface area contributed by atoms with Crippen LogP contribution >= 0.6 is 0 Å². The zero-order valence-corrected chi connectivity index (χ0v) is 21.7. The van der Waals surface area contributed by atoms with Crippen molar-refractivity contribution in [3.63, 3.8) is 0 Å². The number of nitriles is 3. The predicted molar refractivity (Wildman–Crippen MR) is 120 cm³/mol. The van der Waals surface area contributed by atoms with E-state index in [1.807, 2.05) is 9.97 Å². The van der Waals surface area contributed by atoms with Crippen molar-refractivity contribution >= 4 is 16.7 Å². The molecule has 246 valence electrons. The van der Waals surface area contributed by atoms with Crippen molar-refractivity contribution in [2.24, 2.45) is 0 Å². The first-order chi connectivity index (χ1) is 22.1. The van der Waals surface area contributed by atoms with E-state index in [1.54, 1.807) is 0 Å². The van der Waals surface area contributed by atoms with Crippen LogP contribution in [0, 0.1) is 92.7 Å². The van der Waals surface area contributed by atoms with E-state index in [2.05, 4.69) is 4.98 Å². The zero-order chi connectivity index (χ0) is 36.4. The molecular weight excluding hydrogens is 700 g/mol. The maximum Gasteiger partial charge on any atom is 0.436 e. The molecule has 0 bridgehead atoms. The molecule has 0 spiro atoms. The Morgan fingerprint density at radius 1 is 0.396 bits per heavy atom. The van der Waals surface area contributed by atoms with Crippen LogP contribution in [0.15, 0.2) is 16.7 Å². The highest BCUT2D eigenvalue weighted by atomic mass is 19.4. The monoisotopic (exact) mass is 700 g/mol. The average Bonchev–Trinajstić information content (AvgIpc) is 3.70. The van der Waals surface area contributed by atoms with Crippen molar-refractivity contribution < 1.29 is 70.2 Å². The summed E-state index contributed by atoms with van der Waals surface area (Å²) in [7, 11) is 0. The smallest absolute Gasteiger partial charge is 0.209 e. The summed E-state index contributed by atoms with van der Waals surface area (Å²) in [4.78, 5) is 6.14. The van der Waals surface area contributed by atoms with Crippen LogP contribution in [0.25, 0.3) is 16.7 Å². The van der Waals surface area contributed by atoms with Gasteiger partial charge in [-0.3, -0.25) is 0 Å². The number of hydrogen-bond donors (Lipinski definition) is 0. The van der Waals surface area contributed by atoms with Gasteiger partial charge in [0.15, 0.2) is 46.3 Å². The molecule has 0 radical (unpaired) electrons. The Morgan fingerprint density at radius 3 is 0.854 bits per heavy atom. The molecule has 0 unspecified atom stereocenters. The van der Waals surface area contributed by atoms with Gasteiger partial charge in [0.05, 0.1) is 33.4 Å². The summed E-state index contributed by atoms with van der Waals surface area (Å²) >= 11 is 0. The molecule has 0 aliphatic heterocycles. The largest absolute Gasteiger partial charge is 0.436 e. The highest BCUT2D eigenvalue weighted by Crippen LogP contribution is 2.57. The van der Waals surface area contributed by atoms with Gasteiger partial charge in [0.1, 0.15) is 18.2 Å². The number of rotatable bonds is 3. The lowest BCUT2D eigenvalue weighted by molar-refractivity contribution is -0.145. The predicted octanol–water partition coefficient (Wildman–Crippen LogP) is 7.55. The Hall–Kier alpha value is -5.98. The average molecular weight is 700 g/mol. The molecule has 1 aliphatic carbocycles. The molecule has 22 heteroatoms. The van der Waals surface area contributed by atoms with E-state index in [9.17, 15) is 77.3 Å². The summed E-state index contributed by atoms with van der Waals surface area (Å²) in [5.74, 6) is -27.2. The molecule has 0 atom stereocenters. The van der Waals surface area contributed by atoms with Crippen LogP contribution in [0.3, 0.4) is 0 Å². The fourth-order valence-electron chi connectivity index (χ4n) is 4.20. The molecule has 0 N–H and O–H groups in total. The summed E-state index contributed by atoms with van der Waals surface area (Å²) in [6.45, 7) is 0. The van der Waals surface area contributed by atoms with E-state index in [1.165, 1.54) is 0 Å². The van der Waals surface area contributed by atoms with E-state index in [0.717, 1.165) is 18.2 Å². The van der Waals surface area contributed by atoms with Gasteiger partial charge >= 0.3 is 12.4 Å². The molecule has 0 saturated heterocycles. The van der Waals surface area contributed by atoms with E-state index in [0.29, 0.717) is 0 Å². The summed E-state index contributed by atoms with van der Waals surface area (Å²) in [5, 5.41) is 29.0. The summed E-state index contributed by atoms with van der Waals surface area (Å²) in [6, 6.07) is 2.36. The molecule has 0 aromatic carbocycles. The summed E-state index contributed by atoms with van der Waals surface area (Å²) < 4.78 is 225. The van der Waals surface area contributed by atoms with Gasteiger partial charge in [-0.1, -0.05) is 0 Å². The molecule has 0 amide bonds. The Morgan fingerprint density at radius 2 is 0.625 bits per heavy atom. The van der Waals surface area contributed by atoms with Crippen molar-refractivity contribution in [1.29, 1.82) is 15.8 Å². The SMILES string of the molecule is N#CC(=C1C(=C(C#N)c2c(F)c(F)nc(C(F)(F)F)c2F)C1=C(C#N)c1c(F)c(F)nc(C(F)(F)F)c1F)c1c(F)c(F)nc(F)c1F. The molecule has 3 heterocycles. The number of allylic oxidation sites excluding steroid dienone is 6. The van der Waals surface area contributed by atoms with E-state index in [-0.39, 0.29) is 0 Å². The minimum Gasteiger partial charge on any atom is -0.209 e.